The molecule has 5 atom stereocenters. The van der Waals surface area contributed by atoms with Crippen LogP contribution in [0.25, 0.3) is 10.4 Å². The van der Waals surface area contributed by atoms with Crippen LogP contribution in [0.3, 0.4) is 0 Å². The van der Waals surface area contributed by atoms with Gasteiger partial charge in [-0.3, -0.25) is 4.79 Å². The third-order valence-corrected chi connectivity index (χ3v) is 6.59. The van der Waals surface area contributed by atoms with Crippen molar-refractivity contribution in [1.29, 1.82) is 0 Å². The van der Waals surface area contributed by atoms with Gasteiger partial charge in [-0.1, -0.05) is 25.9 Å². The molecule has 8 nitrogen and oxygen atoms in total. The van der Waals surface area contributed by atoms with Crippen LogP contribution < -0.4 is 10.6 Å². The Kier molecular flexibility index (Phi) is 3.67. The molecule has 1 saturated heterocycles. The molecule has 3 aliphatic rings. The van der Waals surface area contributed by atoms with Crippen LogP contribution in [0, 0.1) is 16.7 Å². The zero-order chi connectivity index (χ0) is 16.8. The van der Waals surface area contributed by atoms with Crippen LogP contribution in [0.15, 0.2) is 5.11 Å². The van der Waals surface area contributed by atoms with E-state index in [1.807, 2.05) is 0 Å². The highest BCUT2D eigenvalue weighted by Crippen LogP contribution is 2.66. The molecule has 0 aromatic rings. The lowest BCUT2D eigenvalue weighted by Crippen LogP contribution is -2.70. The first-order valence-electron chi connectivity index (χ1n) is 8.08. The molecule has 1 heterocycles. The average Bonchev–Trinajstić information content (AvgIpc) is 2.82. The molecule has 3 unspecified atom stereocenters. The minimum Gasteiger partial charge on any atom is -0.446 e. The van der Waals surface area contributed by atoms with E-state index in [1.54, 1.807) is 0 Å². The first kappa shape index (κ1) is 15.9. The van der Waals surface area contributed by atoms with Crippen molar-refractivity contribution in [2.24, 2.45) is 21.9 Å². The molecule has 3 fully saturated rings. The van der Waals surface area contributed by atoms with Crippen LogP contribution in [-0.4, -0.2) is 36.7 Å². The Balaban J connectivity index is 1.58. The average molecular weight is 321 g/mol. The fraction of sp³-hybridized carbons (Fsp3) is 0.867. The molecule has 3 rings (SSSR count). The summed E-state index contributed by atoms with van der Waals surface area (Å²) in [6, 6.07) is -1.05. The summed E-state index contributed by atoms with van der Waals surface area (Å²) >= 11 is 0. The molecule has 2 bridgehead atoms. The van der Waals surface area contributed by atoms with Gasteiger partial charge in [0.15, 0.2) is 0 Å². The topological polar surface area (TPSA) is 116 Å². The predicted molar refractivity (Wildman–Crippen MR) is 82.4 cm³/mol. The molecular formula is C15H23N5O3. The number of carbonyl (C=O) groups excluding carboxylic acids is 2. The molecule has 8 heteroatoms. The number of nitrogens with zero attached hydrogens (tertiary/aromatic N) is 3. The molecule has 23 heavy (non-hydrogen) atoms. The number of ether oxygens (including phenoxy) is 1. The molecule has 2 aliphatic carbocycles. The number of amides is 2. The molecule has 0 aromatic carbocycles. The van der Waals surface area contributed by atoms with Gasteiger partial charge in [0.2, 0.25) is 5.91 Å². The lowest BCUT2D eigenvalue weighted by molar-refractivity contribution is -0.131. The van der Waals surface area contributed by atoms with Crippen molar-refractivity contribution in [3.05, 3.63) is 10.4 Å². The van der Waals surface area contributed by atoms with Crippen LogP contribution in [0.5, 0.6) is 0 Å². The smallest absolute Gasteiger partial charge is 0.408 e. The molecule has 126 valence electrons. The first-order chi connectivity index (χ1) is 10.8. The highest BCUT2D eigenvalue weighted by atomic mass is 16.6. The molecule has 0 spiro atoms. The van der Waals surface area contributed by atoms with Gasteiger partial charge in [-0.25, -0.2) is 4.79 Å². The fourth-order valence-corrected chi connectivity index (χ4v) is 4.48. The van der Waals surface area contributed by atoms with Gasteiger partial charge in [-0.2, -0.15) is 0 Å². The predicted octanol–water partition coefficient (Wildman–Crippen LogP) is 2.10. The second-order valence-electron chi connectivity index (χ2n) is 7.65. The van der Waals surface area contributed by atoms with E-state index >= 15 is 0 Å². The lowest BCUT2D eigenvalue weighted by Gasteiger charge is -2.39. The quantitative estimate of drug-likeness (QED) is 0.357. The van der Waals surface area contributed by atoms with E-state index in [1.165, 1.54) is 6.42 Å². The van der Waals surface area contributed by atoms with Crippen LogP contribution in [0.2, 0.25) is 0 Å². The molecule has 2 N–H and O–H groups in total. The number of nitrogens with one attached hydrogen (secondary N) is 2. The number of β-lactam (4-membered cyclic amide) rings is 1. The molecular weight excluding hydrogens is 298 g/mol. The number of fused-ring (bicyclic) bond motifs is 2. The Morgan fingerprint density at radius 3 is 2.78 bits per heavy atom. The second kappa shape index (κ2) is 5.30. The maximum atomic E-state index is 12.2. The molecule has 2 saturated carbocycles. The van der Waals surface area contributed by atoms with Crippen LogP contribution in [0.1, 0.15) is 40.0 Å². The van der Waals surface area contributed by atoms with E-state index < -0.39 is 12.1 Å². The summed E-state index contributed by atoms with van der Waals surface area (Å²) in [6.45, 7) is 6.81. The number of hydrogen-bond acceptors (Lipinski definition) is 4. The van der Waals surface area contributed by atoms with E-state index in [4.69, 9.17) is 10.3 Å². The summed E-state index contributed by atoms with van der Waals surface area (Å²) in [7, 11) is 0. The Morgan fingerprint density at radius 2 is 2.26 bits per heavy atom. The van der Waals surface area contributed by atoms with Crippen molar-refractivity contribution in [2.75, 3.05) is 6.54 Å². The maximum Gasteiger partial charge on any atom is 0.408 e. The summed E-state index contributed by atoms with van der Waals surface area (Å²) in [5.74, 6) is 0.301. The van der Waals surface area contributed by atoms with E-state index in [9.17, 15) is 9.59 Å². The lowest BCUT2D eigenvalue weighted by atomic mass is 9.70. The Morgan fingerprint density at radius 1 is 1.52 bits per heavy atom. The summed E-state index contributed by atoms with van der Waals surface area (Å²) in [6.07, 6.45) is 2.45. The minimum atomic E-state index is -0.688. The van der Waals surface area contributed by atoms with Crippen molar-refractivity contribution in [2.45, 2.75) is 58.2 Å². The van der Waals surface area contributed by atoms with E-state index in [2.05, 4.69) is 41.4 Å². The van der Waals surface area contributed by atoms with Crippen molar-refractivity contribution in [1.82, 2.24) is 10.6 Å². The number of rotatable bonds is 4. The zero-order valence-corrected chi connectivity index (χ0v) is 13.7. The summed E-state index contributed by atoms with van der Waals surface area (Å²) < 4.78 is 5.66. The second-order valence-corrected chi connectivity index (χ2v) is 7.65. The Hall–Kier alpha value is -1.95. The first-order valence-corrected chi connectivity index (χ1v) is 8.08. The fourth-order valence-electron chi connectivity index (χ4n) is 4.48. The van der Waals surface area contributed by atoms with Gasteiger partial charge in [0.05, 0.1) is 6.04 Å². The molecule has 0 aromatic heterocycles. The van der Waals surface area contributed by atoms with Gasteiger partial charge < -0.3 is 15.4 Å². The largest absolute Gasteiger partial charge is 0.446 e. The Bertz CT molecular complexity index is 586. The van der Waals surface area contributed by atoms with Gasteiger partial charge in [-0.05, 0) is 36.1 Å². The van der Waals surface area contributed by atoms with Crippen molar-refractivity contribution < 1.29 is 14.3 Å². The van der Waals surface area contributed by atoms with Gasteiger partial charge in [0, 0.05) is 16.9 Å². The number of hydrogen-bond donors (Lipinski definition) is 2. The van der Waals surface area contributed by atoms with Crippen LogP contribution >= 0.6 is 0 Å². The number of azide groups is 1. The zero-order valence-electron chi connectivity index (χ0n) is 13.7. The highest BCUT2D eigenvalue weighted by Gasteiger charge is 2.63. The van der Waals surface area contributed by atoms with Crippen molar-refractivity contribution in [3.63, 3.8) is 0 Å². The SMILES string of the molecule is CC1(C)C2CCC1(C)C(OC(=O)N[C@@H]1C(=O)N[C@@H]1CN=[N+]=[N-])C2. The van der Waals surface area contributed by atoms with Crippen LogP contribution in [0.4, 0.5) is 4.79 Å². The van der Waals surface area contributed by atoms with Gasteiger partial charge in [0.25, 0.3) is 0 Å². The molecule has 2 amide bonds. The van der Waals surface area contributed by atoms with E-state index in [0.717, 1.165) is 12.8 Å². The van der Waals surface area contributed by atoms with Gasteiger partial charge in [0.1, 0.15) is 12.1 Å². The van der Waals surface area contributed by atoms with E-state index in [0.29, 0.717) is 5.92 Å². The number of carbonyl (C=O) groups is 2. The van der Waals surface area contributed by atoms with Gasteiger partial charge in [-0.15, -0.1) is 0 Å². The Labute approximate surface area is 135 Å². The van der Waals surface area contributed by atoms with E-state index in [-0.39, 0.29) is 35.4 Å². The standard InChI is InChI=1S/C15H23N5O3/c1-14(2)8-4-5-15(14,3)10(6-8)23-13(22)19-11-9(7-17-20-16)18-12(11)21/h8-11H,4-7H2,1-3H3,(H,18,21)(H,19,22)/t8?,9-,10?,11+,15?/m1/s1. The maximum absolute atomic E-state index is 12.2. The summed E-state index contributed by atoms with van der Waals surface area (Å²) in [5, 5.41) is 8.62. The normalized spacial score (nSPS) is 39.9. The monoisotopic (exact) mass is 321 g/mol. The molecule has 0 radical (unpaired) electrons. The summed E-state index contributed by atoms with van der Waals surface area (Å²) in [5.41, 5.74) is 8.48. The van der Waals surface area contributed by atoms with Crippen LogP contribution in [-0.2, 0) is 9.53 Å². The minimum absolute atomic E-state index is 0.0125. The summed E-state index contributed by atoms with van der Waals surface area (Å²) in [4.78, 5) is 26.4. The highest BCUT2D eigenvalue weighted by molar-refractivity contribution is 5.92. The molecule has 1 aliphatic heterocycles. The van der Waals surface area contributed by atoms with Crippen molar-refractivity contribution in [3.8, 4) is 0 Å². The van der Waals surface area contributed by atoms with Crippen molar-refractivity contribution >= 4 is 12.0 Å². The third kappa shape index (κ3) is 2.32. The number of alkyl carbamates (subject to hydrolysis) is 1. The van der Waals surface area contributed by atoms with Gasteiger partial charge >= 0.3 is 6.09 Å². The third-order valence-electron chi connectivity index (χ3n) is 6.59.